The molecule has 5 heteroatoms. The molecule has 0 saturated heterocycles. The summed E-state index contributed by atoms with van der Waals surface area (Å²) in [4.78, 5) is 12.0. The third-order valence-corrected chi connectivity index (χ3v) is 3.39. The molecular weight excluding hydrogens is 240 g/mol. The fraction of sp³-hybridized carbons (Fsp3) is 0.333. The van der Waals surface area contributed by atoms with Crippen molar-refractivity contribution in [1.29, 1.82) is 0 Å². The number of nitrogens with two attached hydrogens (primary N) is 1. The first-order valence-corrected chi connectivity index (χ1v) is 5.77. The Morgan fingerprint density at radius 1 is 1.41 bits per heavy atom. The number of nitrogens with zero attached hydrogens (tertiary/aromatic N) is 1. The maximum Gasteiger partial charge on any atom is 0.166 e. The summed E-state index contributed by atoms with van der Waals surface area (Å²) in [6.07, 6.45) is 1.28. The van der Waals surface area contributed by atoms with Gasteiger partial charge in [0.15, 0.2) is 5.78 Å². The first-order chi connectivity index (χ1) is 8.11. The molecule has 0 bridgehead atoms. The molecule has 0 unspecified atom stereocenters. The van der Waals surface area contributed by atoms with Gasteiger partial charge in [0.05, 0.1) is 0 Å². The van der Waals surface area contributed by atoms with Crippen molar-refractivity contribution >= 4 is 23.2 Å². The zero-order chi connectivity index (χ0) is 12.4. The lowest BCUT2D eigenvalue weighted by Crippen LogP contribution is -2.38. The predicted molar refractivity (Wildman–Crippen MR) is 65.4 cm³/mol. The Morgan fingerprint density at radius 2 is 2.12 bits per heavy atom. The van der Waals surface area contributed by atoms with Crippen LogP contribution in [0.2, 0.25) is 5.02 Å². The monoisotopic (exact) mass is 252 g/mol. The first kappa shape index (κ1) is 11.9. The summed E-state index contributed by atoms with van der Waals surface area (Å²) in [7, 11) is 0. The number of carbonyl (C=O) groups excluding carboxylic acids is 1. The van der Waals surface area contributed by atoms with E-state index < -0.39 is 0 Å². The number of rotatable bonds is 3. The smallest absolute Gasteiger partial charge is 0.166 e. The summed E-state index contributed by atoms with van der Waals surface area (Å²) in [5.74, 6) is 0.265. The van der Waals surface area contributed by atoms with Crippen LogP contribution in [-0.2, 0) is 0 Å². The zero-order valence-corrected chi connectivity index (χ0v) is 9.89. The molecular formula is C12H13ClN2O2. The van der Waals surface area contributed by atoms with Gasteiger partial charge in [-0.25, -0.2) is 0 Å². The standard InChI is InChI=1S/C12H13ClN2O2/c13-10-3-1-2-7(6-10)11(16)8-4-9(5-8)12(14)15-17/h1-3,6,8-9,17H,4-5H2,(H2,14,15). The minimum Gasteiger partial charge on any atom is -0.409 e. The lowest BCUT2D eigenvalue weighted by molar-refractivity contribution is 0.0821. The van der Waals surface area contributed by atoms with Crippen molar-refractivity contribution in [2.45, 2.75) is 12.8 Å². The maximum absolute atomic E-state index is 12.0. The van der Waals surface area contributed by atoms with Gasteiger partial charge in [0, 0.05) is 22.4 Å². The van der Waals surface area contributed by atoms with Crippen LogP contribution >= 0.6 is 11.6 Å². The molecule has 90 valence electrons. The van der Waals surface area contributed by atoms with Gasteiger partial charge in [0.1, 0.15) is 5.84 Å². The highest BCUT2D eigenvalue weighted by atomic mass is 35.5. The lowest BCUT2D eigenvalue weighted by Gasteiger charge is -2.33. The van der Waals surface area contributed by atoms with Gasteiger partial charge in [-0.2, -0.15) is 0 Å². The Balaban J connectivity index is 2.00. The number of ketones is 1. The third kappa shape index (κ3) is 2.42. The molecule has 4 nitrogen and oxygen atoms in total. The van der Waals surface area contributed by atoms with Crippen molar-refractivity contribution in [3.8, 4) is 0 Å². The molecule has 1 aliphatic carbocycles. The van der Waals surface area contributed by atoms with Crippen LogP contribution in [0.3, 0.4) is 0 Å². The van der Waals surface area contributed by atoms with Gasteiger partial charge in [0.25, 0.3) is 0 Å². The number of benzene rings is 1. The molecule has 1 aliphatic rings. The average Bonchev–Trinajstić information content (AvgIpc) is 2.26. The molecule has 1 aromatic carbocycles. The van der Waals surface area contributed by atoms with Gasteiger partial charge in [-0.1, -0.05) is 28.9 Å². The minimum absolute atomic E-state index is 0.0214. The maximum atomic E-state index is 12.0. The number of carbonyl (C=O) groups is 1. The highest BCUT2D eigenvalue weighted by Gasteiger charge is 2.37. The minimum atomic E-state index is -0.0428. The van der Waals surface area contributed by atoms with Crippen LogP contribution in [0.1, 0.15) is 23.2 Å². The molecule has 1 fully saturated rings. The van der Waals surface area contributed by atoms with E-state index in [-0.39, 0.29) is 23.5 Å². The molecule has 0 atom stereocenters. The van der Waals surface area contributed by atoms with E-state index in [0.717, 1.165) is 0 Å². The Morgan fingerprint density at radius 3 is 2.71 bits per heavy atom. The van der Waals surface area contributed by atoms with Crippen LogP contribution in [0.25, 0.3) is 0 Å². The highest BCUT2D eigenvalue weighted by molar-refractivity contribution is 6.31. The van der Waals surface area contributed by atoms with Crippen LogP contribution in [0.4, 0.5) is 0 Å². The fourth-order valence-electron chi connectivity index (χ4n) is 2.03. The zero-order valence-electron chi connectivity index (χ0n) is 9.14. The van der Waals surface area contributed by atoms with Crippen molar-refractivity contribution < 1.29 is 10.0 Å². The van der Waals surface area contributed by atoms with Crippen molar-refractivity contribution in [1.82, 2.24) is 0 Å². The second kappa shape index (κ2) is 4.75. The van der Waals surface area contributed by atoms with Gasteiger partial charge in [-0.3, -0.25) is 4.79 Å². The SMILES string of the molecule is N/C(=N\O)C1CC(C(=O)c2cccc(Cl)c2)C1. The molecule has 0 spiro atoms. The van der Waals surface area contributed by atoms with Crippen molar-refractivity contribution in [2.75, 3.05) is 0 Å². The summed E-state index contributed by atoms with van der Waals surface area (Å²) in [6.45, 7) is 0. The number of Topliss-reactive ketones (excluding diaryl/α,β-unsaturated/α-hetero) is 1. The first-order valence-electron chi connectivity index (χ1n) is 5.39. The Bertz CT molecular complexity index is 467. The Kier molecular flexibility index (Phi) is 3.33. The topological polar surface area (TPSA) is 75.7 Å². The summed E-state index contributed by atoms with van der Waals surface area (Å²) in [6, 6.07) is 6.92. The lowest BCUT2D eigenvalue weighted by atomic mass is 9.71. The summed E-state index contributed by atoms with van der Waals surface area (Å²) < 4.78 is 0. The van der Waals surface area contributed by atoms with Crippen molar-refractivity contribution in [3.05, 3.63) is 34.9 Å². The van der Waals surface area contributed by atoms with E-state index in [4.69, 9.17) is 22.5 Å². The van der Waals surface area contributed by atoms with E-state index in [1.54, 1.807) is 24.3 Å². The molecule has 0 heterocycles. The molecule has 0 aliphatic heterocycles. The van der Waals surface area contributed by atoms with E-state index in [1.165, 1.54) is 0 Å². The molecule has 0 amide bonds. The molecule has 0 aromatic heterocycles. The number of amidine groups is 1. The van der Waals surface area contributed by atoms with Gasteiger partial charge in [-0.15, -0.1) is 0 Å². The second-order valence-corrected chi connectivity index (χ2v) is 4.70. The third-order valence-electron chi connectivity index (χ3n) is 3.15. The van der Waals surface area contributed by atoms with Crippen LogP contribution in [0, 0.1) is 11.8 Å². The van der Waals surface area contributed by atoms with E-state index in [2.05, 4.69) is 5.16 Å². The normalized spacial score (nSPS) is 24.2. The van der Waals surface area contributed by atoms with Gasteiger partial charge in [0.2, 0.25) is 0 Å². The largest absolute Gasteiger partial charge is 0.409 e. The molecule has 2 rings (SSSR count). The number of hydrogen-bond acceptors (Lipinski definition) is 3. The summed E-state index contributed by atoms with van der Waals surface area (Å²) >= 11 is 5.83. The van der Waals surface area contributed by atoms with Crippen LogP contribution in [0.15, 0.2) is 29.4 Å². The quantitative estimate of drug-likeness (QED) is 0.285. The number of hydrogen-bond donors (Lipinski definition) is 2. The van der Waals surface area contributed by atoms with E-state index in [9.17, 15) is 4.79 Å². The molecule has 3 N–H and O–H groups in total. The fourth-order valence-corrected chi connectivity index (χ4v) is 2.22. The van der Waals surface area contributed by atoms with E-state index in [1.807, 2.05) is 0 Å². The van der Waals surface area contributed by atoms with E-state index >= 15 is 0 Å². The van der Waals surface area contributed by atoms with E-state index in [0.29, 0.717) is 23.4 Å². The summed E-state index contributed by atoms with van der Waals surface area (Å²) in [5.41, 5.74) is 6.10. The van der Waals surface area contributed by atoms with Gasteiger partial charge in [-0.05, 0) is 25.0 Å². The van der Waals surface area contributed by atoms with Crippen LogP contribution < -0.4 is 5.73 Å². The van der Waals surface area contributed by atoms with Crippen LogP contribution in [0.5, 0.6) is 0 Å². The van der Waals surface area contributed by atoms with Gasteiger partial charge < -0.3 is 10.9 Å². The Hall–Kier alpha value is -1.55. The summed E-state index contributed by atoms with van der Waals surface area (Å²) in [5, 5.41) is 12.0. The second-order valence-electron chi connectivity index (χ2n) is 4.26. The predicted octanol–water partition coefficient (Wildman–Crippen LogP) is 2.30. The van der Waals surface area contributed by atoms with Crippen molar-refractivity contribution in [3.63, 3.8) is 0 Å². The average molecular weight is 253 g/mol. The molecule has 1 saturated carbocycles. The van der Waals surface area contributed by atoms with Crippen molar-refractivity contribution in [2.24, 2.45) is 22.7 Å². The Labute approximate surface area is 104 Å². The number of halogens is 1. The molecule has 0 radical (unpaired) electrons. The van der Waals surface area contributed by atoms with Crippen LogP contribution in [-0.4, -0.2) is 16.8 Å². The highest BCUT2D eigenvalue weighted by Crippen LogP contribution is 2.36. The number of oxime groups is 1. The van der Waals surface area contributed by atoms with Gasteiger partial charge >= 0.3 is 0 Å². The molecule has 17 heavy (non-hydrogen) atoms. The molecule has 1 aromatic rings.